The Hall–Kier alpha value is -0.620. The predicted molar refractivity (Wildman–Crippen MR) is 92.1 cm³/mol. The third-order valence-corrected chi connectivity index (χ3v) is 6.97. The van der Waals surface area contributed by atoms with Crippen LogP contribution in [0.15, 0.2) is 6.07 Å². The molecular formula is C17H23ClN2O2S. The quantitative estimate of drug-likeness (QED) is 0.858. The summed E-state index contributed by atoms with van der Waals surface area (Å²) in [7, 11) is 0. The van der Waals surface area contributed by atoms with E-state index in [0.717, 1.165) is 43.0 Å². The average molecular weight is 355 g/mol. The summed E-state index contributed by atoms with van der Waals surface area (Å²) in [6.45, 7) is 4.58. The van der Waals surface area contributed by atoms with Crippen LogP contribution >= 0.6 is 22.9 Å². The zero-order valence-corrected chi connectivity index (χ0v) is 15.1. The maximum Gasteiger partial charge on any atom is 0.217 e. The molecule has 23 heavy (non-hydrogen) atoms. The second-order valence-corrected chi connectivity index (χ2v) is 9.05. The molecule has 1 aromatic heterocycles. The number of ether oxygens (including phenoxy) is 1. The monoisotopic (exact) mass is 354 g/mol. The third kappa shape index (κ3) is 2.72. The third-order valence-electron chi connectivity index (χ3n) is 5.48. The van der Waals surface area contributed by atoms with E-state index in [0.29, 0.717) is 6.04 Å². The van der Waals surface area contributed by atoms with Crippen LogP contribution in [-0.2, 0) is 21.6 Å². The molecule has 1 saturated heterocycles. The van der Waals surface area contributed by atoms with E-state index in [-0.39, 0.29) is 23.1 Å². The zero-order valence-electron chi connectivity index (χ0n) is 13.6. The van der Waals surface area contributed by atoms with E-state index in [9.17, 15) is 4.79 Å². The normalized spacial score (nSPS) is 34.9. The highest BCUT2D eigenvalue weighted by Crippen LogP contribution is 2.51. The largest absolute Gasteiger partial charge is 0.369 e. The fourth-order valence-corrected chi connectivity index (χ4v) is 5.92. The lowest BCUT2D eigenvalue weighted by Crippen LogP contribution is -2.61. The van der Waals surface area contributed by atoms with Crippen LogP contribution in [0.2, 0.25) is 4.34 Å². The number of nitrogens with one attached hydrogen (secondary N) is 2. The van der Waals surface area contributed by atoms with Gasteiger partial charge in [-0.25, -0.2) is 0 Å². The molecule has 6 heteroatoms. The van der Waals surface area contributed by atoms with Gasteiger partial charge < -0.3 is 15.4 Å². The molecule has 2 N–H and O–H groups in total. The maximum atomic E-state index is 11.6. The molecule has 1 aliphatic carbocycles. The summed E-state index contributed by atoms with van der Waals surface area (Å²) < 4.78 is 7.23. The van der Waals surface area contributed by atoms with Gasteiger partial charge in [-0.3, -0.25) is 4.79 Å². The Morgan fingerprint density at radius 1 is 1.48 bits per heavy atom. The van der Waals surface area contributed by atoms with Gasteiger partial charge in [0.05, 0.1) is 16.5 Å². The number of hydrogen-bond acceptors (Lipinski definition) is 4. The molecule has 1 spiro atoms. The van der Waals surface area contributed by atoms with Crippen LogP contribution in [0.1, 0.15) is 50.0 Å². The van der Waals surface area contributed by atoms with Crippen LogP contribution in [0.4, 0.5) is 0 Å². The molecule has 1 unspecified atom stereocenters. The topological polar surface area (TPSA) is 50.4 Å². The van der Waals surface area contributed by atoms with Gasteiger partial charge in [0.25, 0.3) is 0 Å². The molecule has 3 heterocycles. The van der Waals surface area contributed by atoms with Crippen molar-refractivity contribution in [2.75, 3.05) is 6.61 Å². The lowest BCUT2D eigenvalue weighted by molar-refractivity contribution is -0.122. The van der Waals surface area contributed by atoms with Crippen molar-refractivity contribution in [3.63, 3.8) is 0 Å². The van der Waals surface area contributed by atoms with Gasteiger partial charge in [-0.15, -0.1) is 11.3 Å². The number of amides is 1. The first-order chi connectivity index (χ1) is 10.9. The zero-order chi connectivity index (χ0) is 16.2. The molecule has 4 nitrogen and oxygen atoms in total. The summed E-state index contributed by atoms with van der Waals surface area (Å²) >= 11 is 7.96. The van der Waals surface area contributed by atoms with E-state index in [1.54, 1.807) is 18.3 Å². The first kappa shape index (κ1) is 15.9. The second-order valence-electron chi connectivity index (χ2n) is 7.36. The van der Waals surface area contributed by atoms with Crippen molar-refractivity contribution in [1.82, 2.24) is 10.6 Å². The first-order valence-corrected chi connectivity index (χ1v) is 9.59. The van der Waals surface area contributed by atoms with Crippen LogP contribution in [0.3, 0.4) is 0 Å². The van der Waals surface area contributed by atoms with Gasteiger partial charge >= 0.3 is 0 Å². The Labute approximate surface area is 145 Å². The minimum atomic E-state index is -0.241. The van der Waals surface area contributed by atoms with E-state index in [1.807, 2.05) is 0 Å². The van der Waals surface area contributed by atoms with E-state index in [1.165, 1.54) is 10.4 Å². The fraction of sp³-hybridized carbons (Fsp3) is 0.706. The highest BCUT2D eigenvalue weighted by molar-refractivity contribution is 7.16. The fourth-order valence-electron chi connectivity index (χ4n) is 4.46. The summed E-state index contributed by atoms with van der Waals surface area (Å²) in [5.41, 5.74) is 1.02. The van der Waals surface area contributed by atoms with Crippen molar-refractivity contribution in [3.05, 3.63) is 20.8 Å². The van der Waals surface area contributed by atoms with Crippen molar-refractivity contribution >= 4 is 28.8 Å². The Morgan fingerprint density at radius 3 is 2.96 bits per heavy atom. The van der Waals surface area contributed by atoms with Crippen molar-refractivity contribution in [1.29, 1.82) is 0 Å². The smallest absolute Gasteiger partial charge is 0.217 e. The van der Waals surface area contributed by atoms with Crippen molar-refractivity contribution in [2.45, 2.75) is 69.2 Å². The van der Waals surface area contributed by atoms with Gasteiger partial charge in [-0.05, 0) is 50.7 Å². The van der Waals surface area contributed by atoms with E-state index >= 15 is 0 Å². The maximum absolute atomic E-state index is 11.6. The Morgan fingerprint density at radius 2 is 2.26 bits per heavy atom. The number of hydrogen-bond donors (Lipinski definition) is 2. The Bertz CT molecular complexity index is 643. The number of fused-ring (bicyclic) bond motifs is 2. The number of halogens is 1. The van der Waals surface area contributed by atoms with Gasteiger partial charge in [-0.2, -0.15) is 0 Å². The molecule has 0 bridgehead atoms. The van der Waals surface area contributed by atoms with E-state index < -0.39 is 0 Å². The Balaban J connectivity index is 1.67. The molecule has 3 atom stereocenters. The minimum Gasteiger partial charge on any atom is -0.369 e. The highest BCUT2D eigenvalue weighted by Gasteiger charge is 2.56. The van der Waals surface area contributed by atoms with Gasteiger partial charge in [0.1, 0.15) is 5.60 Å². The van der Waals surface area contributed by atoms with Crippen molar-refractivity contribution < 1.29 is 9.53 Å². The lowest BCUT2D eigenvalue weighted by Gasteiger charge is -2.48. The molecule has 1 amide bonds. The molecule has 2 fully saturated rings. The SMILES string of the molecule is CC(=O)NC1(C2C[C@]3(C[C@H](C)N2)OCCc2cc(Cl)sc23)CC1. The molecule has 1 saturated carbocycles. The van der Waals surface area contributed by atoms with E-state index in [2.05, 4.69) is 23.6 Å². The number of piperidine rings is 1. The molecule has 1 aromatic rings. The second kappa shape index (κ2) is 5.45. The summed E-state index contributed by atoms with van der Waals surface area (Å²) in [6.07, 6.45) is 4.91. The molecule has 3 aliphatic rings. The first-order valence-electron chi connectivity index (χ1n) is 8.40. The lowest BCUT2D eigenvalue weighted by atomic mass is 9.77. The van der Waals surface area contributed by atoms with Crippen LogP contribution in [0.5, 0.6) is 0 Å². The number of thiophene rings is 1. The summed E-state index contributed by atoms with van der Waals surface area (Å²) in [5, 5.41) is 6.90. The standard InChI is InChI=1S/C17H23ClN2O2S/c1-10-8-17(15-12(3-6-22-17)7-14(18)23-15)9-13(19-10)16(4-5-16)20-11(2)21/h7,10,13,19H,3-6,8-9H2,1-2H3,(H,20,21)/t10-,13?,17-/m0/s1. The Kier molecular flexibility index (Phi) is 3.76. The predicted octanol–water partition coefficient (Wildman–Crippen LogP) is 2.98. The van der Waals surface area contributed by atoms with Crippen molar-refractivity contribution in [3.8, 4) is 0 Å². The van der Waals surface area contributed by atoms with Gasteiger partial charge in [0, 0.05) is 23.9 Å². The van der Waals surface area contributed by atoms with Gasteiger partial charge in [-0.1, -0.05) is 11.6 Å². The number of rotatable bonds is 2. The number of carbonyl (C=O) groups excluding carboxylic acids is 1. The van der Waals surface area contributed by atoms with Crippen LogP contribution in [-0.4, -0.2) is 30.1 Å². The van der Waals surface area contributed by atoms with Gasteiger partial charge in [0.15, 0.2) is 0 Å². The van der Waals surface area contributed by atoms with Crippen LogP contribution in [0, 0.1) is 0 Å². The minimum absolute atomic E-state index is 0.0565. The average Bonchev–Trinajstić information content (AvgIpc) is 3.12. The highest BCUT2D eigenvalue weighted by atomic mass is 35.5. The van der Waals surface area contributed by atoms with Crippen LogP contribution in [0.25, 0.3) is 0 Å². The van der Waals surface area contributed by atoms with Crippen LogP contribution < -0.4 is 10.6 Å². The molecule has 4 rings (SSSR count). The van der Waals surface area contributed by atoms with Crippen molar-refractivity contribution in [2.24, 2.45) is 0 Å². The number of carbonyl (C=O) groups is 1. The molecule has 0 aromatic carbocycles. The van der Waals surface area contributed by atoms with Gasteiger partial charge in [0.2, 0.25) is 5.91 Å². The molecule has 0 radical (unpaired) electrons. The molecular weight excluding hydrogens is 332 g/mol. The molecule has 2 aliphatic heterocycles. The summed E-state index contributed by atoms with van der Waals surface area (Å²) in [6, 6.07) is 2.71. The summed E-state index contributed by atoms with van der Waals surface area (Å²) in [5.74, 6) is 0.0565. The summed E-state index contributed by atoms with van der Waals surface area (Å²) in [4.78, 5) is 12.9. The molecule has 126 valence electrons. The van der Waals surface area contributed by atoms with E-state index in [4.69, 9.17) is 16.3 Å².